The summed E-state index contributed by atoms with van der Waals surface area (Å²) >= 11 is 0. The zero-order valence-electron chi connectivity index (χ0n) is 7.74. The first-order valence-corrected chi connectivity index (χ1v) is 4.33. The summed E-state index contributed by atoms with van der Waals surface area (Å²) in [6.45, 7) is 0. The Balaban J connectivity index is 2.54. The zero-order valence-corrected chi connectivity index (χ0v) is 7.74. The molecule has 0 aliphatic rings. The van der Waals surface area contributed by atoms with Gasteiger partial charge < -0.3 is 5.73 Å². The van der Waals surface area contributed by atoms with Crippen LogP contribution < -0.4 is 5.73 Å². The van der Waals surface area contributed by atoms with Gasteiger partial charge in [0.05, 0.1) is 0 Å². The number of nitrogen functional groups attached to an aromatic ring is 1. The van der Waals surface area contributed by atoms with Gasteiger partial charge in [0, 0.05) is 12.3 Å². The van der Waals surface area contributed by atoms with E-state index in [1.54, 1.807) is 12.1 Å². The molecule has 4 heteroatoms. The second kappa shape index (κ2) is 3.65. The predicted octanol–water partition coefficient (Wildman–Crippen LogP) is 2.61. The van der Waals surface area contributed by atoms with Crippen LogP contribution in [0.5, 0.6) is 0 Å². The number of pyridine rings is 1. The van der Waals surface area contributed by atoms with E-state index >= 15 is 0 Å². The molecule has 0 aliphatic carbocycles. The molecule has 0 amide bonds. The van der Waals surface area contributed by atoms with Gasteiger partial charge in [0.25, 0.3) is 0 Å². The van der Waals surface area contributed by atoms with Gasteiger partial charge in [-0.05, 0) is 35.4 Å². The average Bonchev–Trinajstić information content (AvgIpc) is 2.16. The van der Waals surface area contributed by atoms with Crippen molar-refractivity contribution in [3.63, 3.8) is 0 Å². The highest BCUT2D eigenvalue weighted by Gasteiger charge is 2.03. The summed E-state index contributed by atoms with van der Waals surface area (Å²) in [4.78, 5) is 3.80. The summed E-state index contributed by atoms with van der Waals surface area (Å²) in [6, 6.07) is 6.53. The highest BCUT2D eigenvalue weighted by atomic mass is 19.1. The van der Waals surface area contributed by atoms with Crippen LogP contribution in [-0.4, -0.2) is 4.98 Å². The summed E-state index contributed by atoms with van der Waals surface area (Å²) in [5.41, 5.74) is 6.56. The molecule has 76 valence electrons. The Morgan fingerprint density at radius 1 is 0.933 bits per heavy atom. The molecule has 2 N–H and O–H groups in total. The van der Waals surface area contributed by atoms with Crippen molar-refractivity contribution in [3.05, 3.63) is 48.2 Å². The normalized spacial score (nSPS) is 10.3. The molecule has 0 saturated carbocycles. The minimum atomic E-state index is -0.611. The van der Waals surface area contributed by atoms with Crippen molar-refractivity contribution in [3.8, 4) is 11.1 Å². The Bertz CT molecular complexity index is 477. The van der Waals surface area contributed by atoms with Gasteiger partial charge in [0.2, 0.25) is 0 Å². The summed E-state index contributed by atoms with van der Waals surface area (Å²) in [6.07, 6.45) is 1.49. The van der Waals surface area contributed by atoms with Gasteiger partial charge in [-0.3, -0.25) is 0 Å². The monoisotopic (exact) mass is 206 g/mol. The van der Waals surface area contributed by atoms with E-state index in [0.717, 1.165) is 6.07 Å². The van der Waals surface area contributed by atoms with Gasteiger partial charge in [0.1, 0.15) is 17.5 Å². The third kappa shape index (κ3) is 2.10. The number of anilines is 1. The third-order valence-electron chi connectivity index (χ3n) is 1.98. The van der Waals surface area contributed by atoms with Crippen molar-refractivity contribution >= 4 is 5.82 Å². The fourth-order valence-corrected chi connectivity index (χ4v) is 1.35. The number of aromatic nitrogens is 1. The molecule has 0 radical (unpaired) electrons. The molecular weight excluding hydrogens is 198 g/mol. The lowest BCUT2D eigenvalue weighted by Crippen LogP contribution is -1.90. The van der Waals surface area contributed by atoms with Crippen molar-refractivity contribution in [2.75, 3.05) is 5.73 Å². The summed E-state index contributed by atoms with van der Waals surface area (Å²) < 4.78 is 25.9. The maximum absolute atomic E-state index is 12.9. The van der Waals surface area contributed by atoms with Crippen LogP contribution in [0.25, 0.3) is 11.1 Å². The summed E-state index contributed by atoms with van der Waals surface area (Å²) in [7, 11) is 0. The van der Waals surface area contributed by atoms with E-state index in [0.29, 0.717) is 16.9 Å². The number of nitrogens with two attached hydrogens (primary N) is 1. The molecule has 1 aromatic heterocycles. The number of rotatable bonds is 1. The third-order valence-corrected chi connectivity index (χ3v) is 1.98. The predicted molar refractivity (Wildman–Crippen MR) is 54.0 cm³/mol. The summed E-state index contributed by atoms with van der Waals surface area (Å²) in [5.74, 6) is -0.905. The quantitative estimate of drug-likeness (QED) is 0.778. The molecule has 1 aromatic carbocycles. The van der Waals surface area contributed by atoms with E-state index in [-0.39, 0.29) is 0 Å². The van der Waals surface area contributed by atoms with Crippen molar-refractivity contribution < 1.29 is 8.78 Å². The number of benzene rings is 1. The van der Waals surface area contributed by atoms with Crippen LogP contribution >= 0.6 is 0 Å². The molecule has 0 atom stereocenters. The Labute approximate surface area is 85.4 Å². The molecule has 0 unspecified atom stereocenters. The molecule has 0 saturated heterocycles. The average molecular weight is 206 g/mol. The lowest BCUT2D eigenvalue weighted by molar-refractivity contribution is 0.584. The van der Waals surface area contributed by atoms with Crippen LogP contribution in [-0.2, 0) is 0 Å². The molecule has 2 rings (SSSR count). The Kier molecular flexibility index (Phi) is 2.33. The van der Waals surface area contributed by atoms with E-state index in [4.69, 9.17) is 5.73 Å². The molecule has 2 aromatic rings. The maximum Gasteiger partial charge on any atom is 0.126 e. The van der Waals surface area contributed by atoms with E-state index in [1.807, 2.05) is 0 Å². The lowest BCUT2D eigenvalue weighted by Gasteiger charge is -2.02. The SMILES string of the molecule is Nc1cc(-c2cc(F)cc(F)c2)ccn1. The second-order valence-electron chi connectivity index (χ2n) is 3.13. The van der Waals surface area contributed by atoms with E-state index < -0.39 is 11.6 Å². The van der Waals surface area contributed by atoms with Gasteiger partial charge in [0.15, 0.2) is 0 Å². The molecule has 1 heterocycles. The highest BCUT2D eigenvalue weighted by molar-refractivity contribution is 5.65. The van der Waals surface area contributed by atoms with Gasteiger partial charge in [-0.25, -0.2) is 13.8 Å². The topological polar surface area (TPSA) is 38.9 Å². The fraction of sp³-hybridized carbons (Fsp3) is 0. The first kappa shape index (κ1) is 9.58. The van der Waals surface area contributed by atoms with Crippen LogP contribution in [0.3, 0.4) is 0 Å². The Morgan fingerprint density at radius 3 is 2.20 bits per heavy atom. The minimum absolute atomic E-state index is 0.317. The molecule has 0 bridgehead atoms. The molecular formula is C11H8F2N2. The number of hydrogen-bond donors (Lipinski definition) is 1. The highest BCUT2D eigenvalue weighted by Crippen LogP contribution is 2.22. The smallest absolute Gasteiger partial charge is 0.126 e. The minimum Gasteiger partial charge on any atom is -0.384 e. The fourth-order valence-electron chi connectivity index (χ4n) is 1.35. The molecule has 0 spiro atoms. The molecule has 0 aliphatic heterocycles. The zero-order chi connectivity index (χ0) is 10.8. The Hall–Kier alpha value is -1.97. The first-order chi connectivity index (χ1) is 7.15. The molecule has 15 heavy (non-hydrogen) atoms. The summed E-state index contributed by atoms with van der Waals surface area (Å²) in [5, 5.41) is 0. The van der Waals surface area contributed by atoms with Crippen molar-refractivity contribution in [2.45, 2.75) is 0 Å². The lowest BCUT2D eigenvalue weighted by atomic mass is 10.1. The van der Waals surface area contributed by atoms with Crippen LogP contribution in [0.1, 0.15) is 0 Å². The number of nitrogens with zero attached hydrogens (tertiary/aromatic N) is 1. The first-order valence-electron chi connectivity index (χ1n) is 4.33. The maximum atomic E-state index is 12.9. The van der Waals surface area contributed by atoms with E-state index in [2.05, 4.69) is 4.98 Å². The van der Waals surface area contributed by atoms with Gasteiger partial charge in [-0.15, -0.1) is 0 Å². The molecule has 0 fully saturated rings. The Morgan fingerprint density at radius 2 is 1.60 bits per heavy atom. The van der Waals surface area contributed by atoms with Crippen LogP contribution in [0.15, 0.2) is 36.5 Å². The van der Waals surface area contributed by atoms with Gasteiger partial charge in [-0.2, -0.15) is 0 Å². The number of hydrogen-bond acceptors (Lipinski definition) is 2. The van der Waals surface area contributed by atoms with Crippen molar-refractivity contribution in [2.24, 2.45) is 0 Å². The molecule has 2 nitrogen and oxygen atoms in total. The van der Waals surface area contributed by atoms with Gasteiger partial charge >= 0.3 is 0 Å². The standard InChI is InChI=1S/C11H8F2N2/c12-9-3-8(4-10(13)6-9)7-1-2-15-11(14)5-7/h1-6H,(H2,14,15). The van der Waals surface area contributed by atoms with Crippen LogP contribution in [0, 0.1) is 11.6 Å². The van der Waals surface area contributed by atoms with Crippen molar-refractivity contribution in [1.29, 1.82) is 0 Å². The second-order valence-corrected chi connectivity index (χ2v) is 3.13. The number of halogens is 2. The van der Waals surface area contributed by atoms with E-state index in [1.165, 1.54) is 18.3 Å². The van der Waals surface area contributed by atoms with Crippen LogP contribution in [0.4, 0.5) is 14.6 Å². The largest absolute Gasteiger partial charge is 0.384 e. The van der Waals surface area contributed by atoms with Crippen LogP contribution in [0.2, 0.25) is 0 Å². The van der Waals surface area contributed by atoms with Crippen molar-refractivity contribution in [1.82, 2.24) is 4.98 Å². The van der Waals surface area contributed by atoms with Gasteiger partial charge in [-0.1, -0.05) is 0 Å². The van der Waals surface area contributed by atoms with E-state index in [9.17, 15) is 8.78 Å².